The van der Waals surface area contributed by atoms with Gasteiger partial charge < -0.3 is 14.2 Å². The molecule has 2 fully saturated rings. The van der Waals surface area contributed by atoms with Gasteiger partial charge in [-0.3, -0.25) is 4.79 Å². The molecule has 2 aliphatic heterocycles. The molecule has 2 aromatic rings. The van der Waals surface area contributed by atoms with Gasteiger partial charge in [0, 0.05) is 23.7 Å². The third kappa shape index (κ3) is 2.45. The molecule has 1 amide bonds. The minimum Gasteiger partial charge on any atom is -0.361 e. The summed E-state index contributed by atoms with van der Waals surface area (Å²) in [6.45, 7) is 3.30. The van der Waals surface area contributed by atoms with E-state index in [4.69, 9.17) is 14.2 Å². The van der Waals surface area contributed by atoms with E-state index >= 15 is 0 Å². The van der Waals surface area contributed by atoms with Gasteiger partial charge in [0.1, 0.15) is 17.2 Å². The molecule has 0 unspecified atom stereocenters. The first-order chi connectivity index (χ1) is 12.6. The molecule has 0 bridgehead atoms. The van der Waals surface area contributed by atoms with Crippen molar-refractivity contribution < 1.29 is 14.1 Å². The van der Waals surface area contributed by atoms with Crippen molar-refractivity contribution in [3.8, 4) is 0 Å². The second kappa shape index (κ2) is 5.87. The lowest BCUT2D eigenvalue weighted by molar-refractivity contribution is -0.126. The monoisotopic (exact) mass is 354 g/mol. The van der Waals surface area contributed by atoms with Gasteiger partial charge in [0.25, 0.3) is 5.91 Å². The van der Waals surface area contributed by atoms with E-state index in [0.29, 0.717) is 37.1 Å². The minimum absolute atomic E-state index is 0.121. The number of nitrogens with zero attached hydrogens (tertiary/aromatic N) is 4. The SMILES string of the molecule is Cc1cc(C(=O)N2CC3(C2)OCc2nc(C4CCCCC4)ncc23)no1. The predicted octanol–water partition coefficient (Wildman–Crippen LogP) is 2.70. The van der Waals surface area contributed by atoms with E-state index in [-0.39, 0.29) is 5.91 Å². The fourth-order valence-electron chi connectivity index (χ4n) is 4.37. The summed E-state index contributed by atoms with van der Waals surface area (Å²) in [5.41, 5.74) is 1.93. The molecule has 1 saturated carbocycles. The Morgan fingerprint density at radius 2 is 2.08 bits per heavy atom. The Morgan fingerprint density at radius 1 is 1.27 bits per heavy atom. The molecule has 0 N–H and O–H groups in total. The number of carbonyl (C=O) groups excluding carboxylic acids is 1. The molecule has 26 heavy (non-hydrogen) atoms. The molecule has 4 heterocycles. The second-order valence-electron chi connectivity index (χ2n) is 7.69. The first kappa shape index (κ1) is 15.9. The molecule has 1 saturated heterocycles. The Labute approximate surface area is 151 Å². The van der Waals surface area contributed by atoms with Gasteiger partial charge in [0.15, 0.2) is 5.69 Å². The summed E-state index contributed by atoms with van der Waals surface area (Å²) in [6, 6.07) is 1.66. The van der Waals surface area contributed by atoms with Crippen LogP contribution in [-0.2, 0) is 16.9 Å². The number of aromatic nitrogens is 3. The molecule has 3 aliphatic rings. The Hall–Kier alpha value is -2.28. The Kier molecular flexibility index (Phi) is 3.60. The van der Waals surface area contributed by atoms with E-state index < -0.39 is 5.60 Å². The average molecular weight is 354 g/mol. The number of likely N-dealkylation sites (tertiary alicyclic amines) is 1. The molecule has 2 aromatic heterocycles. The number of ether oxygens (including phenoxy) is 1. The molecule has 7 nitrogen and oxygen atoms in total. The zero-order valence-corrected chi connectivity index (χ0v) is 14.9. The molecular formula is C19H22N4O3. The van der Waals surface area contributed by atoms with E-state index in [9.17, 15) is 4.79 Å². The average Bonchev–Trinajstić information content (AvgIpc) is 3.24. The van der Waals surface area contributed by atoms with Gasteiger partial charge in [0.2, 0.25) is 0 Å². The van der Waals surface area contributed by atoms with Crippen molar-refractivity contribution in [2.24, 2.45) is 0 Å². The third-order valence-electron chi connectivity index (χ3n) is 5.86. The highest BCUT2D eigenvalue weighted by molar-refractivity contribution is 5.93. The topological polar surface area (TPSA) is 81.4 Å². The van der Waals surface area contributed by atoms with Gasteiger partial charge in [-0.2, -0.15) is 0 Å². The normalized spacial score (nSPS) is 21.7. The third-order valence-corrected chi connectivity index (χ3v) is 5.86. The molecule has 5 rings (SSSR count). The van der Waals surface area contributed by atoms with Crippen molar-refractivity contribution >= 4 is 5.91 Å². The van der Waals surface area contributed by atoms with Crippen LogP contribution in [0.4, 0.5) is 0 Å². The minimum atomic E-state index is -0.450. The zero-order chi connectivity index (χ0) is 17.7. The number of hydrogen-bond acceptors (Lipinski definition) is 6. The van der Waals surface area contributed by atoms with Crippen LogP contribution in [0.5, 0.6) is 0 Å². The number of rotatable bonds is 2. The van der Waals surface area contributed by atoms with Crippen LogP contribution < -0.4 is 0 Å². The van der Waals surface area contributed by atoms with Crippen LogP contribution in [0.2, 0.25) is 0 Å². The Balaban J connectivity index is 1.32. The first-order valence-corrected chi connectivity index (χ1v) is 9.37. The highest BCUT2D eigenvalue weighted by atomic mass is 16.5. The largest absolute Gasteiger partial charge is 0.361 e. The summed E-state index contributed by atoms with van der Waals surface area (Å²) < 4.78 is 11.1. The van der Waals surface area contributed by atoms with Gasteiger partial charge in [-0.25, -0.2) is 9.97 Å². The van der Waals surface area contributed by atoms with Crippen LogP contribution >= 0.6 is 0 Å². The standard InChI is InChI=1S/C19H22N4O3/c1-12-7-15(22-26-12)18(24)23-10-19(11-23)14-8-20-17(21-16(14)9-25-19)13-5-3-2-4-6-13/h7-8,13H,2-6,9-11H2,1H3. The second-order valence-corrected chi connectivity index (χ2v) is 7.69. The van der Waals surface area contributed by atoms with Crippen LogP contribution in [0.25, 0.3) is 0 Å². The number of hydrogen-bond donors (Lipinski definition) is 0. The summed E-state index contributed by atoms with van der Waals surface area (Å²) in [4.78, 5) is 23.7. The van der Waals surface area contributed by atoms with Gasteiger partial charge in [0.05, 0.1) is 25.4 Å². The highest BCUT2D eigenvalue weighted by Crippen LogP contribution is 2.43. The molecule has 0 aromatic carbocycles. The molecule has 1 spiro atoms. The lowest BCUT2D eigenvalue weighted by Crippen LogP contribution is -2.61. The van der Waals surface area contributed by atoms with Crippen LogP contribution in [0, 0.1) is 6.92 Å². The van der Waals surface area contributed by atoms with Crippen molar-refractivity contribution in [1.82, 2.24) is 20.0 Å². The van der Waals surface area contributed by atoms with Crippen molar-refractivity contribution in [2.75, 3.05) is 13.1 Å². The van der Waals surface area contributed by atoms with Crippen LogP contribution in [0.15, 0.2) is 16.8 Å². The van der Waals surface area contributed by atoms with Crippen LogP contribution in [0.3, 0.4) is 0 Å². The van der Waals surface area contributed by atoms with Gasteiger partial charge in [-0.1, -0.05) is 24.4 Å². The maximum absolute atomic E-state index is 12.5. The van der Waals surface area contributed by atoms with Crippen molar-refractivity contribution in [1.29, 1.82) is 0 Å². The summed E-state index contributed by atoms with van der Waals surface area (Å²) in [5.74, 6) is 1.97. The number of amides is 1. The zero-order valence-electron chi connectivity index (χ0n) is 14.9. The fraction of sp³-hybridized carbons (Fsp3) is 0.579. The van der Waals surface area contributed by atoms with Gasteiger partial charge in [-0.15, -0.1) is 0 Å². The molecular weight excluding hydrogens is 332 g/mol. The van der Waals surface area contributed by atoms with Gasteiger partial charge in [-0.05, 0) is 19.8 Å². The number of aryl methyl sites for hydroxylation is 1. The maximum Gasteiger partial charge on any atom is 0.276 e. The van der Waals surface area contributed by atoms with E-state index in [1.165, 1.54) is 32.1 Å². The van der Waals surface area contributed by atoms with Crippen molar-refractivity contribution in [3.05, 3.63) is 40.8 Å². The Bertz CT molecular complexity index is 850. The summed E-state index contributed by atoms with van der Waals surface area (Å²) >= 11 is 0. The molecule has 136 valence electrons. The summed E-state index contributed by atoms with van der Waals surface area (Å²) in [5, 5.41) is 3.81. The smallest absolute Gasteiger partial charge is 0.276 e. The van der Waals surface area contributed by atoms with E-state index in [1.54, 1.807) is 17.9 Å². The number of fused-ring (bicyclic) bond motifs is 2. The lowest BCUT2D eigenvalue weighted by atomic mass is 9.86. The Morgan fingerprint density at radius 3 is 2.81 bits per heavy atom. The van der Waals surface area contributed by atoms with Gasteiger partial charge >= 0.3 is 0 Å². The summed E-state index contributed by atoms with van der Waals surface area (Å²) in [6.07, 6.45) is 8.16. The van der Waals surface area contributed by atoms with E-state index in [0.717, 1.165) is 17.1 Å². The molecule has 1 aliphatic carbocycles. The van der Waals surface area contributed by atoms with Crippen LogP contribution in [-0.4, -0.2) is 39.0 Å². The lowest BCUT2D eigenvalue weighted by Gasteiger charge is -2.46. The van der Waals surface area contributed by atoms with Crippen molar-refractivity contribution in [2.45, 2.75) is 57.2 Å². The molecule has 0 radical (unpaired) electrons. The quantitative estimate of drug-likeness (QED) is 0.825. The highest BCUT2D eigenvalue weighted by Gasteiger charge is 2.53. The maximum atomic E-state index is 12.5. The van der Waals surface area contributed by atoms with Crippen molar-refractivity contribution in [3.63, 3.8) is 0 Å². The predicted molar refractivity (Wildman–Crippen MR) is 91.5 cm³/mol. The van der Waals surface area contributed by atoms with E-state index in [2.05, 4.69) is 10.1 Å². The number of carbonyl (C=O) groups is 1. The van der Waals surface area contributed by atoms with E-state index in [1.807, 2.05) is 6.20 Å². The van der Waals surface area contributed by atoms with Crippen LogP contribution in [0.1, 0.15) is 71.4 Å². The molecule has 7 heteroatoms. The fourth-order valence-corrected chi connectivity index (χ4v) is 4.37. The first-order valence-electron chi connectivity index (χ1n) is 9.37. The summed E-state index contributed by atoms with van der Waals surface area (Å²) in [7, 11) is 0. The molecule has 0 atom stereocenters.